The van der Waals surface area contributed by atoms with Gasteiger partial charge >= 0.3 is 0 Å². The predicted molar refractivity (Wildman–Crippen MR) is 201 cm³/mol. The fourth-order valence-corrected chi connectivity index (χ4v) is 7.15. The van der Waals surface area contributed by atoms with E-state index in [9.17, 15) is 9.59 Å². The molecule has 2 N–H and O–H groups in total. The van der Waals surface area contributed by atoms with E-state index in [2.05, 4.69) is 26.7 Å². The summed E-state index contributed by atoms with van der Waals surface area (Å²) in [6.45, 7) is 5.12. The van der Waals surface area contributed by atoms with Crippen LogP contribution in [0.5, 0.6) is 0 Å². The van der Waals surface area contributed by atoms with Gasteiger partial charge in [0.15, 0.2) is 5.82 Å². The Bertz CT molecular complexity index is 2170. The SMILES string of the molecule is CC(=O)N(C)C1CCN(c2ncccc2NC(=O)c2[nH]c3cc(Cl)ccc3c2-c2c(-c3ccccc3)ncn2[C@@H](C)c2ccc(Cl)cc2)CC1. The van der Waals surface area contributed by atoms with Gasteiger partial charge in [-0.25, -0.2) is 9.97 Å². The number of fused-ring (bicyclic) bond motifs is 1. The minimum Gasteiger partial charge on any atom is -0.355 e. The molecular weight excluding hydrogens is 669 g/mol. The molecule has 1 atom stereocenters. The van der Waals surface area contributed by atoms with Gasteiger partial charge in [0.1, 0.15) is 5.69 Å². The van der Waals surface area contributed by atoms with E-state index in [0.717, 1.165) is 46.3 Å². The molecule has 50 heavy (non-hydrogen) atoms. The van der Waals surface area contributed by atoms with Crippen molar-refractivity contribution < 1.29 is 9.59 Å². The molecule has 11 heteroatoms. The third kappa shape index (κ3) is 6.46. The number of amides is 2. The number of carbonyl (C=O) groups is 2. The van der Waals surface area contributed by atoms with Gasteiger partial charge in [-0.1, -0.05) is 71.7 Å². The lowest BCUT2D eigenvalue weighted by molar-refractivity contribution is -0.129. The molecule has 254 valence electrons. The van der Waals surface area contributed by atoms with E-state index in [1.54, 1.807) is 13.1 Å². The summed E-state index contributed by atoms with van der Waals surface area (Å²) in [5, 5.41) is 5.23. The molecule has 0 aliphatic carbocycles. The van der Waals surface area contributed by atoms with E-state index in [-0.39, 0.29) is 23.9 Å². The monoisotopic (exact) mass is 705 g/mol. The topological polar surface area (TPSA) is 99.2 Å². The molecule has 6 aromatic rings. The minimum absolute atomic E-state index is 0.0592. The molecule has 3 aromatic carbocycles. The average Bonchev–Trinajstić information content (AvgIpc) is 3.73. The number of nitrogens with one attached hydrogen (secondary N) is 2. The standard InChI is InChI=1S/C39H37Cl2N7O2/c1-24(26-11-13-28(40)14-12-26)48-23-43-35(27-8-5-4-6-9-27)37(48)34-31-16-15-29(41)22-33(31)44-36(34)39(50)45-32-10-7-19-42-38(32)47-20-17-30(18-21-47)46(3)25(2)49/h4-16,19,22-24,30,44H,17-18,20-21H2,1-3H3,(H,45,50)/t24-/m0/s1. The summed E-state index contributed by atoms with van der Waals surface area (Å²) in [6.07, 6.45) is 5.19. The Kier molecular flexibility index (Phi) is 9.35. The summed E-state index contributed by atoms with van der Waals surface area (Å²) in [5.74, 6) is 0.430. The lowest BCUT2D eigenvalue weighted by Crippen LogP contribution is -2.45. The number of piperidine rings is 1. The first-order chi connectivity index (χ1) is 24.2. The van der Waals surface area contributed by atoms with Crippen molar-refractivity contribution in [3.63, 3.8) is 0 Å². The lowest BCUT2D eigenvalue weighted by atomic mass is 9.99. The molecule has 0 bridgehead atoms. The van der Waals surface area contributed by atoms with Crippen LogP contribution in [0, 0.1) is 0 Å². The zero-order valence-corrected chi connectivity index (χ0v) is 29.5. The first kappa shape index (κ1) is 33.4. The maximum Gasteiger partial charge on any atom is 0.272 e. The Morgan fingerprint density at radius 3 is 2.38 bits per heavy atom. The number of imidazole rings is 1. The number of pyridine rings is 1. The van der Waals surface area contributed by atoms with Gasteiger partial charge < -0.3 is 24.7 Å². The second kappa shape index (κ2) is 14.0. The van der Waals surface area contributed by atoms with E-state index in [0.29, 0.717) is 45.9 Å². The summed E-state index contributed by atoms with van der Waals surface area (Å²) < 4.78 is 2.11. The highest BCUT2D eigenvalue weighted by molar-refractivity contribution is 6.31. The smallest absolute Gasteiger partial charge is 0.272 e. The van der Waals surface area contributed by atoms with Crippen molar-refractivity contribution in [2.45, 2.75) is 38.8 Å². The Morgan fingerprint density at radius 2 is 1.66 bits per heavy atom. The van der Waals surface area contributed by atoms with Crippen LogP contribution in [-0.4, -0.2) is 62.4 Å². The van der Waals surface area contributed by atoms with Crippen LogP contribution in [0.1, 0.15) is 48.8 Å². The largest absolute Gasteiger partial charge is 0.355 e. The van der Waals surface area contributed by atoms with Crippen molar-refractivity contribution >= 4 is 57.4 Å². The predicted octanol–water partition coefficient (Wildman–Crippen LogP) is 8.71. The van der Waals surface area contributed by atoms with Crippen molar-refractivity contribution in [1.82, 2.24) is 24.4 Å². The number of benzene rings is 3. The van der Waals surface area contributed by atoms with Gasteiger partial charge in [0.05, 0.1) is 29.4 Å². The molecule has 1 aliphatic rings. The molecule has 1 aliphatic heterocycles. The Labute approximate surface area is 300 Å². The molecule has 3 aromatic heterocycles. The normalized spacial score (nSPS) is 14.1. The van der Waals surface area contributed by atoms with Crippen LogP contribution >= 0.6 is 23.2 Å². The number of aromatic amines is 1. The first-order valence-electron chi connectivity index (χ1n) is 16.6. The number of hydrogen-bond donors (Lipinski definition) is 2. The summed E-state index contributed by atoms with van der Waals surface area (Å²) >= 11 is 12.7. The lowest BCUT2D eigenvalue weighted by Gasteiger charge is -2.37. The maximum atomic E-state index is 14.6. The van der Waals surface area contributed by atoms with Crippen molar-refractivity contribution in [1.29, 1.82) is 0 Å². The fraction of sp³-hybridized carbons (Fsp3) is 0.231. The van der Waals surface area contributed by atoms with Crippen LogP contribution in [0.25, 0.3) is 33.4 Å². The van der Waals surface area contributed by atoms with E-state index in [4.69, 9.17) is 33.2 Å². The molecule has 0 saturated carbocycles. The van der Waals surface area contributed by atoms with Crippen molar-refractivity contribution in [3.8, 4) is 22.5 Å². The van der Waals surface area contributed by atoms with E-state index in [1.165, 1.54) is 0 Å². The van der Waals surface area contributed by atoms with Crippen LogP contribution < -0.4 is 10.2 Å². The minimum atomic E-state index is -0.321. The molecular formula is C39H37Cl2N7O2. The maximum absolute atomic E-state index is 14.6. The molecule has 7 rings (SSSR count). The van der Waals surface area contributed by atoms with Crippen molar-refractivity contribution in [2.24, 2.45) is 0 Å². The molecule has 1 fully saturated rings. The summed E-state index contributed by atoms with van der Waals surface area (Å²) in [6, 6.07) is 27.1. The van der Waals surface area contributed by atoms with Crippen LogP contribution in [0.4, 0.5) is 11.5 Å². The van der Waals surface area contributed by atoms with Crippen LogP contribution in [0.3, 0.4) is 0 Å². The summed E-state index contributed by atoms with van der Waals surface area (Å²) in [5.41, 5.74) is 5.92. The van der Waals surface area contributed by atoms with Crippen molar-refractivity contribution in [3.05, 3.63) is 119 Å². The third-order valence-electron chi connectivity index (χ3n) is 9.68. The molecule has 9 nitrogen and oxygen atoms in total. The Morgan fingerprint density at radius 1 is 0.940 bits per heavy atom. The number of nitrogens with zero attached hydrogens (tertiary/aromatic N) is 5. The second-order valence-electron chi connectivity index (χ2n) is 12.7. The van der Waals surface area contributed by atoms with Gasteiger partial charge in [-0.15, -0.1) is 0 Å². The number of H-pyrrole nitrogens is 1. The number of hydrogen-bond acceptors (Lipinski definition) is 5. The zero-order chi connectivity index (χ0) is 34.9. The molecule has 0 spiro atoms. The van der Waals surface area contributed by atoms with Crippen LogP contribution in [0.2, 0.25) is 10.0 Å². The molecule has 2 amide bonds. The zero-order valence-electron chi connectivity index (χ0n) is 28.0. The number of halogens is 2. The van der Waals surface area contributed by atoms with E-state index in [1.807, 2.05) is 103 Å². The van der Waals surface area contributed by atoms with Gasteiger partial charge in [0.25, 0.3) is 5.91 Å². The fourth-order valence-electron chi connectivity index (χ4n) is 6.85. The van der Waals surface area contributed by atoms with Crippen LogP contribution in [-0.2, 0) is 4.79 Å². The number of rotatable bonds is 8. The quantitative estimate of drug-likeness (QED) is 0.165. The highest BCUT2D eigenvalue weighted by Crippen LogP contribution is 2.42. The van der Waals surface area contributed by atoms with Crippen LogP contribution in [0.15, 0.2) is 97.5 Å². The highest BCUT2D eigenvalue weighted by Gasteiger charge is 2.30. The van der Waals surface area contributed by atoms with Gasteiger partial charge in [0.2, 0.25) is 5.91 Å². The number of carbonyl (C=O) groups excluding carboxylic acids is 2. The van der Waals surface area contributed by atoms with Gasteiger partial charge in [-0.05, 0) is 61.7 Å². The highest BCUT2D eigenvalue weighted by atomic mass is 35.5. The summed E-state index contributed by atoms with van der Waals surface area (Å²) in [4.78, 5) is 43.6. The number of anilines is 2. The average molecular weight is 707 g/mol. The van der Waals surface area contributed by atoms with Gasteiger partial charge in [-0.3, -0.25) is 9.59 Å². The molecule has 0 unspecified atom stereocenters. The Hall–Kier alpha value is -5.12. The molecule has 4 heterocycles. The third-order valence-corrected chi connectivity index (χ3v) is 10.2. The van der Waals surface area contributed by atoms with Gasteiger partial charge in [0, 0.05) is 71.4 Å². The Balaban J connectivity index is 1.32. The molecule has 1 saturated heterocycles. The van der Waals surface area contributed by atoms with E-state index < -0.39 is 0 Å². The van der Waals surface area contributed by atoms with Crippen molar-refractivity contribution in [2.75, 3.05) is 30.4 Å². The molecule has 0 radical (unpaired) electrons. The second-order valence-corrected chi connectivity index (χ2v) is 13.6. The van der Waals surface area contributed by atoms with E-state index >= 15 is 0 Å². The summed E-state index contributed by atoms with van der Waals surface area (Å²) in [7, 11) is 1.85. The first-order valence-corrected chi connectivity index (χ1v) is 17.4. The number of aromatic nitrogens is 4. The van der Waals surface area contributed by atoms with Gasteiger partial charge in [-0.2, -0.15) is 0 Å².